The number of benzene rings is 2. The van der Waals surface area contributed by atoms with E-state index >= 15 is 0 Å². The van der Waals surface area contributed by atoms with Gasteiger partial charge in [0.1, 0.15) is 11.5 Å². The van der Waals surface area contributed by atoms with Gasteiger partial charge in [0.05, 0.1) is 19.8 Å². The molecule has 128 valence electrons. The van der Waals surface area contributed by atoms with E-state index in [1.165, 1.54) is 0 Å². The van der Waals surface area contributed by atoms with E-state index in [1.807, 2.05) is 19.1 Å². The van der Waals surface area contributed by atoms with Gasteiger partial charge in [0.15, 0.2) is 0 Å². The van der Waals surface area contributed by atoms with Crippen molar-refractivity contribution in [2.24, 2.45) is 0 Å². The minimum atomic E-state index is -0.323. The second-order valence-electron chi connectivity index (χ2n) is 5.30. The van der Waals surface area contributed by atoms with Crippen molar-refractivity contribution in [3.8, 4) is 23.0 Å². The number of aryl methyl sites for hydroxylation is 1. The lowest BCUT2D eigenvalue weighted by Gasteiger charge is -2.07. The Morgan fingerprint density at radius 3 is 2.64 bits per heavy atom. The summed E-state index contributed by atoms with van der Waals surface area (Å²) in [5, 5.41) is 10.4. The van der Waals surface area contributed by atoms with E-state index < -0.39 is 0 Å². The first-order chi connectivity index (χ1) is 12.1. The smallest absolute Gasteiger partial charge is 0.322 e. The molecule has 0 spiro atoms. The van der Waals surface area contributed by atoms with Crippen LogP contribution in [-0.2, 0) is 0 Å². The van der Waals surface area contributed by atoms with Crippen LogP contribution in [0, 0.1) is 6.92 Å². The molecule has 0 aliphatic heterocycles. The predicted octanol–water partition coefficient (Wildman–Crippen LogP) is 3.31. The average Bonchev–Trinajstić information content (AvgIpc) is 3.09. The van der Waals surface area contributed by atoms with Crippen LogP contribution in [0.1, 0.15) is 15.9 Å². The number of aromatic nitrogens is 2. The largest absolute Gasteiger partial charge is 0.497 e. The molecule has 1 N–H and O–H groups in total. The summed E-state index contributed by atoms with van der Waals surface area (Å²) in [5.41, 5.74) is 2.07. The van der Waals surface area contributed by atoms with Gasteiger partial charge < -0.3 is 13.9 Å². The number of nitrogens with zero attached hydrogens (tertiary/aromatic N) is 2. The third-order valence-corrected chi connectivity index (χ3v) is 3.56. The quantitative estimate of drug-likeness (QED) is 0.767. The van der Waals surface area contributed by atoms with Crippen molar-refractivity contribution in [3.63, 3.8) is 0 Å². The maximum atomic E-state index is 12.3. The Morgan fingerprint density at radius 1 is 1.08 bits per heavy atom. The number of carbonyl (C=O) groups is 1. The van der Waals surface area contributed by atoms with Crippen LogP contribution in [0.2, 0.25) is 0 Å². The number of carbonyl (C=O) groups excluding carboxylic acids is 1. The van der Waals surface area contributed by atoms with Crippen LogP contribution in [0.25, 0.3) is 11.5 Å². The molecule has 7 heteroatoms. The number of ether oxygens (including phenoxy) is 2. The monoisotopic (exact) mass is 339 g/mol. The van der Waals surface area contributed by atoms with Gasteiger partial charge in [-0.25, -0.2) is 0 Å². The van der Waals surface area contributed by atoms with Crippen molar-refractivity contribution in [1.29, 1.82) is 0 Å². The summed E-state index contributed by atoms with van der Waals surface area (Å²) in [5.74, 6) is 1.08. The van der Waals surface area contributed by atoms with Crippen LogP contribution in [0.15, 0.2) is 46.9 Å². The van der Waals surface area contributed by atoms with E-state index in [2.05, 4.69) is 15.5 Å². The fourth-order valence-electron chi connectivity index (χ4n) is 2.32. The third-order valence-electron chi connectivity index (χ3n) is 3.56. The maximum Gasteiger partial charge on any atom is 0.322 e. The second kappa shape index (κ2) is 7.04. The first-order valence-electron chi connectivity index (χ1n) is 7.54. The lowest BCUT2D eigenvalue weighted by molar-refractivity contribution is 0.102. The molecule has 1 heterocycles. The van der Waals surface area contributed by atoms with Crippen molar-refractivity contribution in [2.45, 2.75) is 6.92 Å². The summed E-state index contributed by atoms with van der Waals surface area (Å²) in [6, 6.07) is 12.4. The van der Waals surface area contributed by atoms with Gasteiger partial charge >= 0.3 is 6.01 Å². The molecule has 0 unspecified atom stereocenters. The molecule has 0 aliphatic carbocycles. The minimum Gasteiger partial charge on any atom is -0.497 e. The summed E-state index contributed by atoms with van der Waals surface area (Å²) in [7, 11) is 3.11. The van der Waals surface area contributed by atoms with Crippen LogP contribution in [-0.4, -0.2) is 30.3 Å². The molecule has 3 aromatic rings. The van der Waals surface area contributed by atoms with Gasteiger partial charge in [-0.15, -0.1) is 5.10 Å². The van der Waals surface area contributed by atoms with Crippen molar-refractivity contribution in [1.82, 2.24) is 10.2 Å². The molecule has 7 nitrogen and oxygen atoms in total. The van der Waals surface area contributed by atoms with Crippen molar-refractivity contribution >= 4 is 11.9 Å². The van der Waals surface area contributed by atoms with E-state index in [-0.39, 0.29) is 17.8 Å². The number of methoxy groups -OCH3 is 2. The van der Waals surface area contributed by atoms with E-state index in [0.717, 1.165) is 5.56 Å². The van der Waals surface area contributed by atoms with E-state index in [1.54, 1.807) is 44.6 Å². The molecule has 2 aromatic carbocycles. The molecule has 0 fully saturated rings. The molecule has 0 bridgehead atoms. The molecule has 0 saturated heterocycles. The Labute approximate surface area is 144 Å². The Bertz CT molecular complexity index is 905. The lowest BCUT2D eigenvalue weighted by Crippen LogP contribution is -2.12. The zero-order chi connectivity index (χ0) is 17.8. The van der Waals surface area contributed by atoms with Crippen molar-refractivity contribution in [2.75, 3.05) is 19.5 Å². The highest BCUT2D eigenvalue weighted by Gasteiger charge is 2.16. The first-order valence-corrected chi connectivity index (χ1v) is 7.54. The fraction of sp³-hybridized carbons (Fsp3) is 0.167. The summed E-state index contributed by atoms with van der Waals surface area (Å²) in [4.78, 5) is 12.3. The van der Waals surface area contributed by atoms with E-state index in [9.17, 15) is 4.79 Å². The second-order valence-corrected chi connectivity index (χ2v) is 5.30. The number of nitrogens with one attached hydrogen (secondary N) is 1. The standard InChI is InChI=1S/C18H17N3O4/c1-11-5-4-6-12(9-11)16(22)19-18-21-20-17(25-18)14-10-13(23-2)7-8-15(14)24-3/h4-10H,1-3H3,(H,19,21,22). The zero-order valence-electron chi connectivity index (χ0n) is 14.1. The van der Waals surface area contributed by atoms with Gasteiger partial charge in [0, 0.05) is 5.56 Å². The molecule has 1 aromatic heterocycles. The fourth-order valence-corrected chi connectivity index (χ4v) is 2.32. The van der Waals surface area contributed by atoms with Gasteiger partial charge in [0.25, 0.3) is 11.8 Å². The van der Waals surface area contributed by atoms with Crippen LogP contribution in [0.4, 0.5) is 6.01 Å². The van der Waals surface area contributed by atoms with E-state index in [0.29, 0.717) is 22.6 Å². The van der Waals surface area contributed by atoms with E-state index in [4.69, 9.17) is 13.9 Å². The molecule has 0 atom stereocenters. The molecule has 0 radical (unpaired) electrons. The van der Waals surface area contributed by atoms with Gasteiger partial charge in [0.2, 0.25) is 0 Å². The normalized spacial score (nSPS) is 10.4. The molecular formula is C18H17N3O4. The summed E-state index contributed by atoms with van der Waals surface area (Å²) in [6.45, 7) is 1.91. The van der Waals surface area contributed by atoms with Crippen LogP contribution >= 0.6 is 0 Å². The molecule has 25 heavy (non-hydrogen) atoms. The highest BCUT2D eigenvalue weighted by atomic mass is 16.5. The Morgan fingerprint density at radius 2 is 1.92 bits per heavy atom. The summed E-state index contributed by atoms with van der Waals surface area (Å²) in [6.07, 6.45) is 0. The van der Waals surface area contributed by atoms with Crippen LogP contribution in [0.3, 0.4) is 0 Å². The molecule has 0 saturated carbocycles. The minimum absolute atomic E-state index is 0.00591. The topological polar surface area (TPSA) is 86.5 Å². The SMILES string of the molecule is COc1ccc(OC)c(-c2nnc(NC(=O)c3cccc(C)c3)o2)c1. The van der Waals surface area contributed by atoms with Crippen LogP contribution in [0.5, 0.6) is 11.5 Å². The average molecular weight is 339 g/mol. The Kier molecular flexibility index (Phi) is 4.65. The van der Waals surface area contributed by atoms with Crippen LogP contribution < -0.4 is 14.8 Å². The van der Waals surface area contributed by atoms with Crippen molar-refractivity contribution < 1.29 is 18.7 Å². The molecular weight excluding hydrogens is 322 g/mol. The van der Waals surface area contributed by atoms with Gasteiger partial charge in [-0.2, -0.15) is 0 Å². The van der Waals surface area contributed by atoms with Gasteiger partial charge in [-0.1, -0.05) is 22.8 Å². The number of hydrogen-bond acceptors (Lipinski definition) is 6. The Balaban J connectivity index is 1.84. The number of hydrogen-bond donors (Lipinski definition) is 1. The summed E-state index contributed by atoms with van der Waals surface area (Å²) >= 11 is 0. The highest BCUT2D eigenvalue weighted by Crippen LogP contribution is 2.33. The number of rotatable bonds is 5. The maximum absolute atomic E-state index is 12.3. The highest BCUT2D eigenvalue weighted by molar-refractivity contribution is 6.03. The molecule has 0 aliphatic rings. The number of anilines is 1. The van der Waals surface area contributed by atoms with Crippen molar-refractivity contribution in [3.05, 3.63) is 53.6 Å². The summed E-state index contributed by atoms with van der Waals surface area (Å²) < 4.78 is 16.0. The first kappa shape index (κ1) is 16.5. The third kappa shape index (κ3) is 3.60. The predicted molar refractivity (Wildman–Crippen MR) is 92.0 cm³/mol. The number of amides is 1. The van der Waals surface area contributed by atoms with Gasteiger partial charge in [-0.05, 0) is 37.3 Å². The van der Waals surface area contributed by atoms with Gasteiger partial charge in [-0.3, -0.25) is 10.1 Å². The Hall–Kier alpha value is -3.35. The molecule has 1 amide bonds. The molecule has 3 rings (SSSR count). The lowest BCUT2D eigenvalue weighted by atomic mass is 10.1. The zero-order valence-corrected chi connectivity index (χ0v) is 14.1.